The maximum absolute atomic E-state index is 13.2. The second-order valence-corrected chi connectivity index (χ2v) is 4.34. The standard InChI is InChI=1S/C14H10ClFO3/c1-8-5-6-9(16)7-12(8)19-13-10(14(17)18)3-2-4-11(13)15/h2-7H,1H3,(H,17,18). The number of hydrogen-bond acceptors (Lipinski definition) is 2. The van der Waals surface area contributed by atoms with Crippen molar-refractivity contribution in [1.29, 1.82) is 0 Å². The van der Waals surface area contributed by atoms with Gasteiger partial charge < -0.3 is 9.84 Å². The first-order valence-corrected chi connectivity index (χ1v) is 5.82. The number of para-hydroxylation sites is 1. The van der Waals surface area contributed by atoms with E-state index in [1.54, 1.807) is 13.0 Å². The molecule has 2 aromatic rings. The van der Waals surface area contributed by atoms with Crippen LogP contribution in [0.1, 0.15) is 15.9 Å². The lowest BCUT2D eigenvalue weighted by molar-refractivity contribution is 0.0694. The van der Waals surface area contributed by atoms with Gasteiger partial charge in [-0.15, -0.1) is 0 Å². The van der Waals surface area contributed by atoms with Crippen LogP contribution in [0, 0.1) is 12.7 Å². The van der Waals surface area contributed by atoms with E-state index in [0.29, 0.717) is 5.56 Å². The summed E-state index contributed by atoms with van der Waals surface area (Å²) < 4.78 is 18.6. The van der Waals surface area contributed by atoms with E-state index >= 15 is 0 Å². The van der Waals surface area contributed by atoms with Gasteiger partial charge in [-0.2, -0.15) is 0 Å². The summed E-state index contributed by atoms with van der Waals surface area (Å²) in [5.74, 6) is -1.39. The summed E-state index contributed by atoms with van der Waals surface area (Å²) in [4.78, 5) is 11.1. The third-order valence-corrected chi connectivity index (χ3v) is 2.86. The van der Waals surface area contributed by atoms with Crippen LogP contribution in [-0.2, 0) is 0 Å². The molecule has 0 unspecified atom stereocenters. The SMILES string of the molecule is Cc1ccc(F)cc1Oc1c(Cl)cccc1C(=O)O. The van der Waals surface area contributed by atoms with E-state index in [1.807, 2.05) is 0 Å². The fourth-order valence-electron chi connectivity index (χ4n) is 1.57. The molecular weight excluding hydrogens is 271 g/mol. The molecule has 5 heteroatoms. The van der Waals surface area contributed by atoms with E-state index in [-0.39, 0.29) is 22.1 Å². The molecule has 0 heterocycles. The monoisotopic (exact) mass is 280 g/mol. The minimum atomic E-state index is -1.16. The van der Waals surface area contributed by atoms with E-state index < -0.39 is 11.8 Å². The fraction of sp³-hybridized carbons (Fsp3) is 0.0714. The van der Waals surface area contributed by atoms with E-state index in [0.717, 1.165) is 0 Å². The summed E-state index contributed by atoms with van der Waals surface area (Å²) in [6, 6.07) is 8.42. The smallest absolute Gasteiger partial charge is 0.339 e. The molecule has 2 rings (SSSR count). The van der Waals surface area contributed by atoms with Crippen LogP contribution in [-0.4, -0.2) is 11.1 Å². The molecule has 0 fully saturated rings. The maximum atomic E-state index is 13.2. The zero-order valence-corrected chi connectivity index (χ0v) is 10.7. The van der Waals surface area contributed by atoms with Crippen LogP contribution in [0.3, 0.4) is 0 Å². The van der Waals surface area contributed by atoms with Crippen LogP contribution < -0.4 is 4.74 Å². The molecule has 1 N–H and O–H groups in total. The molecule has 0 saturated carbocycles. The number of halogens is 2. The van der Waals surface area contributed by atoms with Crippen molar-refractivity contribution in [2.45, 2.75) is 6.92 Å². The minimum absolute atomic E-state index is 0.00497. The zero-order valence-electron chi connectivity index (χ0n) is 9.98. The van der Waals surface area contributed by atoms with Gasteiger partial charge in [0.2, 0.25) is 0 Å². The van der Waals surface area contributed by atoms with Crippen LogP contribution in [0.4, 0.5) is 4.39 Å². The summed E-state index contributed by atoms with van der Waals surface area (Å²) in [5.41, 5.74) is 0.605. The van der Waals surface area contributed by atoms with E-state index in [2.05, 4.69) is 0 Å². The number of carbonyl (C=O) groups is 1. The summed E-state index contributed by atoms with van der Waals surface area (Å²) >= 11 is 5.93. The molecule has 19 heavy (non-hydrogen) atoms. The van der Waals surface area contributed by atoms with Crippen molar-refractivity contribution in [2.24, 2.45) is 0 Å². The number of benzene rings is 2. The number of hydrogen-bond donors (Lipinski definition) is 1. The lowest BCUT2D eigenvalue weighted by Gasteiger charge is -2.12. The Balaban J connectivity index is 2.49. The predicted octanol–water partition coefficient (Wildman–Crippen LogP) is 4.28. The molecule has 0 spiro atoms. The third-order valence-electron chi connectivity index (χ3n) is 2.56. The van der Waals surface area contributed by atoms with Gasteiger partial charge in [0.05, 0.1) is 5.02 Å². The van der Waals surface area contributed by atoms with Crippen LogP contribution in [0.5, 0.6) is 11.5 Å². The Morgan fingerprint density at radius 3 is 2.74 bits per heavy atom. The van der Waals surface area contributed by atoms with Crippen molar-refractivity contribution < 1.29 is 19.0 Å². The topological polar surface area (TPSA) is 46.5 Å². The molecule has 0 bridgehead atoms. The predicted molar refractivity (Wildman–Crippen MR) is 69.6 cm³/mol. The highest BCUT2D eigenvalue weighted by atomic mass is 35.5. The first-order chi connectivity index (χ1) is 8.99. The van der Waals surface area contributed by atoms with Gasteiger partial charge in [0.25, 0.3) is 0 Å². The van der Waals surface area contributed by atoms with Crippen molar-refractivity contribution in [3.8, 4) is 11.5 Å². The van der Waals surface area contributed by atoms with Crippen LogP contribution in [0.25, 0.3) is 0 Å². The Hall–Kier alpha value is -2.07. The number of carboxylic acids is 1. The van der Waals surface area contributed by atoms with Gasteiger partial charge in [0.1, 0.15) is 17.1 Å². The number of ether oxygens (including phenoxy) is 1. The lowest BCUT2D eigenvalue weighted by atomic mass is 10.2. The molecule has 3 nitrogen and oxygen atoms in total. The van der Waals surface area contributed by atoms with Gasteiger partial charge >= 0.3 is 5.97 Å². The minimum Gasteiger partial charge on any atom is -0.478 e. The van der Waals surface area contributed by atoms with Crippen molar-refractivity contribution in [3.63, 3.8) is 0 Å². The van der Waals surface area contributed by atoms with Crippen LogP contribution >= 0.6 is 11.6 Å². The highest BCUT2D eigenvalue weighted by molar-refractivity contribution is 6.32. The Bertz CT molecular complexity index is 641. The molecule has 0 radical (unpaired) electrons. The summed E-state index contributed by atoms with van der Waals surface area (Å²) in [6.45, 7) is 1.73. The molecule has 98 valence electrons. The molecule has 0 aliphatic rings. The van der Waals surface area contributed by atoms with Gasteiger partial charge in [0.15, 0.2) is 5.75 Å². The summed E-state index contributed by atoms with van der Waals surface area (Å²) in [6.07, 6.45) is 0. The molecule has 0 aliphatic heterocycles. The third kappa shape index (κ3) is 2.85. The Kier molecular flexibility index (Phi) is 3.71. The van der Waals surface area contributed by atoms with Crippen LogP contribution in [0.2, 0.25) is 5.02 Å². The molecule has 0 aliphatic carbocycles. The Morgan fingerprint density at radius 1 is 1.32 bits per heavy atom. The first-order valence-electron chi connectivity index (χ1n) is 5.45. The van der Waals surface area contributed by atoms with Crippen molar-refractivity contribution in [1.82, 2.24) is 0 Å². The summed E-state index contributed by atoms with van der Waals surface area (Å²) in [7, 11) is 0. The molecule has 2 aromatic carbocycles. The molecule has 0 saturated heterocycles. The van der Waals surface area contributed by atoms with Gasteiger partial charge in [-0.05, 0) is 30.7 Å². The highest BCUT2D eigenvalue weighted by Gasteiger charge is 2.16. The average molecular weight is 281 g/mol. The van der Waals surface area contributed by atoms with Crippen molar-refractivity contribution in [2.75, 3.05) is 0 Å². The Morgan fingerprint density at radius 2 is 2.05 bits per heavy atom. The number of aromatic carboxylic acids is 1. The normalized spacial score (nSPS) is 10.3. The first kappa shape index (κ1) is 13.4. The largest absolute Gasteiger partial charge is 0.478 e. The number of carboxylic acid groups (broad SMARTS) is 1. The quantitative estimate of drug-likeness (QED) is 0.913. The van der Waals surface area contributed by atoms with E-state index in [9.17, 15) is 9.18 Å². The lowest BCUT2D eigenvalue weighted by Crippen LogP contribution is -2.01. The average Bonchev–Trinajstić information content (AvgIpc) is 2.35. The fourth-order valence-corrected chi connectivity index (χ4v) is 1.79. The maximum Gasteiger partial charge on any atom is 0.339 e. The Labute approximate surface area is 114 Å². The highest BCUT2D eigenvalue weighted by Crippen LogP contribution is 2.34. The van der Waals surface area contributed by atoms with Gasteiger partial charge in [-0.3, -0.25) is 0 Å². The van der Waals surface area contributed by atoms with Crippen LogP contribution in [0.15, 0.2) is 36.4 Å². The number of rotatable bonds is 3. The van der Waals surface area contributed by atoms with E-state index in [1.165, 1.54) is 30.3 Å². The number of aryl methyl sites for hydroxylation is 1. The summed E-state index contributed by atoms with van der Waals surface area (Å²) in [5, 5.41) is 9.24. The van der Waals surface area contributed by atoms with Gasteiger partial charge in [-0.25, -0.2) is 9.18 Å². The molecule has 0 atom stereocenters. The molecule has 0 aromatic heterocycles. The molecular formula is C14H10ClFO3. The molecule has 0 amide bonds. The van der Waals surface area contributed by atoms with E-state index in [4.69, 9.17) is 21.4 Å². The van der Waals surface area contributed by atoms with Crippen molar-refractivity contribution in [3.05, 3.63) is 58.4 Å². The van der Waals surface area contributed by atoms with Gasteiger partial charge in [0, 0.05) is 6.07 Å². The second kappa shape index (κ2) is 5.28. The second-order valence-electron chi connectivity index (χ2n) is 3.93. The van der Waals surface area contributed by atoms with Gasteiger partial charge in [-0.1, -0.05) is 23.7 Å². The van der Waals surface area contributed by atoms with Crippen molar-refractivity contribution >= 4 is 17.6 Å². The zero-order chi connectivity index (χ0) is 14.0.